The van der Waals surface area contributed by atoms with Crippen molar-refractivity contribution in [3.63, 3.8) is 0 Å². The van der Waals surface area contributed by atoms with E-state index in [0.717, 1.165) is 52.5 Å². The van der Waals surface area contributed by atoms with Crippen molar-refractivity contribution in [1.82, 2.24) is 25.1 Å². The summed E-state index contributed by atoms with van der Waals surface area (Å²) in [6.45, 7) is 6.37. The maximum Gasteiger partial charge on any atom is 0.435 e. The van der Waals surface area contributed by atoms with Crippen LogP contribution in [0.4, 0.5) is 16.3 Å². The molecule has 1 fully saturated rings. The summed E-state index contributed by atoms with van der Waals surface area (Å²) in [5, 5.41) is 12.6. The molecule has 208 valence electrons. The summed E-state index contributed by atoms with van der Waals surface area (Å²) in [6.07, 6.45) is 3.43. The van der Waals surface area contributed by atoms with Gasteiger partial charge in [-0.15, -0.1) is 0 Å². The molecule has 3 heterocycles. The Morgan fingerprint density at radius 2 is 1.90 bits per heavy atom. The van der Waals surface area contributed by atoms with Crippen LogP contribution in [0.1, 0.15) is 39.2 Å². The van der Waals surface area contributed by atoms with E-state index in [4.69, 9.17) is 14.7 Å². The number of fused-ring (bicyclic) bond motifs is 2. The summed E-state index contributed by atoms with van der Waals surface area (Å²) in [6, 6.07) is 21.3. The average Bonchev–Trinajstić information content (AvgIpc) is 3.63. The first-order valence-corrected chi connectivity index (χ1v) is 13.8. The van der Waals surface area contributed by atoms with Gasteiger partial charge in [-0.25, -0.2) is 14.8 Å². The van der Waals surface area contributed by atoms with E-state index in [2.05, 4.69) is 15.7 Å². The largest absolute Gasteiger partial charge is 0.442 e. The molecule has 1 atom stereocenters. The summed E-state index contributed by atoms with van der Waals surface area (Å²) in [5.74, 6) is 1.44. The highest BCUT2D eigenvalue weighted by molar-refractivity contribution is 5.94. The molecule has 5 aromatic rings. The molecule has 6 rings (SSSR count). The number of benzene rings is 3. The Balaban J connectivity index is 1.30. The first-order valence-electron chi connectivity index (χ1n) is 13.8. The highest BCUT2D eigenvalue weighted by atomic mass is 16.6. The molecule has 0 spiro atoms. The molecule has 0 saturated carbocycles. The lowest BCUT2D eigenvalue weighted by molar-refractivity contribution is -0.120. The van der Waals surface area contributed by atoms with Gasteiger partial charge in [-0.3, -0.25) is 4.79 Å². The zero-order valence-corrected chi connectivity index (χ0v) is 23.3. The molecule has 9 nitrogen and oxygen atoms in total. The van der Waals surface area contributed by atoms with Crippen LogP contribution in [0, 0.1) is 0 Å². The number of anilines is 2. The van der Waals surface area contributed by atoms with Crippen LogP contribution in [0.2, 0.25) is 0 Å². The van der Waals surface area contributed by atoms with Crippen molar-refractivity contribution in [1.29, 1.82) is 0 Å². The fourth-order valence-electron chi connectivity index (χ4n) is 5.10. The predicted octanol–water partition coefficient (Wildman–Crippen LogP) is 6.04. The Hall–Kier alpha value is -4.63. The van der Waals surface area contributed by atoms with Gasteiger partial charge in [0.15, 0.2) is 11.6 Å². The van der Waals surface area contributed by atoms with Crippen LogP contribution < -0.4 is 10.6 Å². The van der Waals surface area contributed by atoms with E-state index < -0.39 is 11.7 Å². The molecule has 0 radical (unpaired) electrons. The number of hydrogen-bond acceptors (Lipinski definition) is 8. The summed E-state index contributed by atoms with van der Waals surface area (Å²) in [7, 11) is 0. The lowest BCUT2D eigenvalue weighted by Gasteiger charge is -2.19. The number of ether oxygens (including phenoxy) is 1. The maximum absolute atomic E-state index is 12.8. The van der Waals surface area contributed by atoms with E-state index in [0.29, 0.717) is 23.6 Å². The average molecular weight is 549 g/mol. The van der Waals surface area contributed by atoms with Gasteiger partial charge >= 0.3 is 6.09 Å². The fraction of sp³-hybridized carbons (Fsp3) is 0.281. The fourth-order valence-corrected chi connectivity index (χ4v) is 5.10. The Morgan fingerprint density at radius 1 is 1.05 bits per heavy atom. The summed E-state index contributed by atoms with van der Waals surface area (Å²) < 4.78 is 6.75. The van der Waals surface area contributed by atoms with E-state index in [9.17, 15) is 9.59 Å². The maximum atomic E-state index is 12.8. The van der Waals surface area contributed by atoms with Gasteiger partial charge in [0.1, 0.15) is 11.4 Å². The zero-order chi connectivity index (χ0) is 28.6. The summed E-state index contributed by atoms with van der Waals surface area (Å²) in [5.41, 5.74) is 3.41. The molecule has 2 aromatic heterocycles. The van der Waals surface area contributed by atoms with Gasteiger partial charge in [-0.05, 0) is 82.1 Å². The highest BCUT2D eigenvalue weighted by Crippen LogP contribution is 2.29. The van der Waals surface area contributed by atoms with Crippen molar-refractivity contribution in [2.24, 2.45) is 0 Å². The second-order valence-corrected chi connectivity index (χ2v) is 11.3. The summed E-state index contributed by atoms with van der Waals surface area (Å²) >= 11 is 0. The van der Waals surface area contributed by atoms with Crippen LogP contribution in [0.3, 0.4) is 0 Å². The Bertz CT molecular complexity index is 1760. The number of Topliss-reactive ketones (excluding diaryl/α,β-unsaturated/α-hetero) is 1. The van der Waals surface area contributed by atoms with E-state index in [1.54, 1.807) is 6.20 Å². The first-order chi connectivity index (χ1) is 19.7. The molecular weight excluding hydrogens is 516 g/mol. The topological polar surface area (TPSA) is 111 Å². The number of nitrogens with one attached hydrogen (secondary N) is 2. The Kier molecular flexibility index (Phi) is 6.96. The molecule has 0 bridgehead atoms. The van der Waals surface area contributed by atoms with Crippen molar-refractivity contribution < 1.29 is 14.3 Å². The number of nitrogens with zero attached hydrogens (tertiary/aromatic N) is 4. The minimum atomic E-state index is -0.620. The first kappa shape index (κ1) is 26.6. The van der Waals surface area contributed by atoms with Crippen LogP contribution in [-0.4, -0.2) is 49.8 Å². The van der Waals surface area contributed by atoms with E-state index in [-0.39, 0.29) is 11.8 Å². The number of carbonyl (C=O) groups excluding carboxylic acids is 2. The van der Waals surface area contributed by atoms with Crippen LogP contribution in [0.15, 0.2) is 72.9 Å². The van der Waals surface area contributed by atoms with Crippen molar-refractivity contribution >= 4 is 45.2 Å². The zero-order valence-electron chi connectivity index (χ0n) is 23.3. The summed E-state index contributed by atoms with van der Waals surface area (Å²) in [4.78, 5) is 35.1. The highest BCUT2D eigenvalue weighted by Gasteiger charge is 2.22. The van der Waals surface area contributed by atoms with Gasteiger partial charge in [0, 0.05) is 28.4 Å². The van der Waals surface area contributed by atoms with Crippen LogP contribution in [0.25, 0.3) is 33.2 Å². The molecule has 2 N–H and O–H groups in total. The smallest absolute Gasteiger partial charge is 0.435 e. The quantitative estimate of drug-likeness (QED) is 0.264. The molecular formula is C32H32N6O3. The molecule has 3 aromatic carbocycles. The lowest BCUT2D eigenvalue weighted by Crippen LogP contribution is -2.31. The number of hydrogen-bond donors (Lipinski definition) is 2. The van der Waals surface area contributed by atoms with Crippen LogP contribution >= 0.6 is 0 Å². The number of rotatable bonds is 6. The van der Waals surface area contributed by atoms with Gasteiger partial charge in [0.25, 0.3) is 0 Å². The van der Waals surface area contributed by atoms with Crippen molar-refractivity contribution in [2.45, 2.75) is 51.7 Å². The van der Waals surface area contributed by atoms with Gasteiger partial charge in [-0.1, -0.05) is 30.3 Å². The van der Waals surface area contributed by atoms with E-state index in [1.165, 1.54) is 4.68 Å². The number of carbonyl (C=O) groups is 2. The number of para-hydroxylation sites is 1. The second-order valence-electron chi connectivity index (χ2n) is 11.3. The van der Waals surface area contributed by atoms with E-state index in [1.807, 2.05) is 87.5 Å². The molecule has 1 saturated heterocycles. The molecule has 9 heteroatoms. The van der Waals surface area contributed by atoms with E-state index >= 15 is 0 Å². The van der Waals surface area contributed by atoms with Gasteiger partial charge in [-0.2, -0.15) is 9.78 Å². The third kappa shape index (κ3) is 5.81. The standard InChI is InChI=1S/C32H32N6O3/c1-32(2,3)41-31(40)38-27-14-13-23(18-22(27)19-34-38)35-30-24-10-4-5-11-25(24)36-29(37-30)21-9-6-8-20(16-21)17-28(39)26-12-7-15-33-26/h4-6,8-11,13-14,16,18-19,26,33H,7,12,15,17H2,1-3H3,(H,35,36,37)/t26-/m1/s1. The molecule has 0 aliphatic carbocycles. The molecule has 0 amide bonds. The Morgan fingerprint density at radius 3 is 2.71 bits per heavy atom. The SMILES string of the molecule is CC(C)(C)OC(=O)n1ncc2cc(Nc3nc(-c4cccc(CC(=O)[C@H]5CCCN5)c4)nc4ccccc34)ccc21. The monoisotopic (exact) mass is 548 g/mol. The predicted molar refractivity (Wildman–Crippen MR) is 159 cm³/mol. The Labute approximate surface area is 238 Å². The normalized spacial score (nSPS) is 15.3. The number of ketones is 1. The molecule has 1 aliphatic rings. The van der Waals surface area contributed by atoms with Crippen molar-refractivity contribution in [2.75, 3.05) is 11.9 Å². The van der Waals surface area contributed by atoms with Crippen LogP contribution in [0.5, 0.6) is 0 Å². The second kappa shape index (κ2) is 10.7. The van der Waals surface area contributed by atoms with Gasteiger partial charge in [0.2, 0.25) is 0 Å². The molecule has 0 unspecified atom stereocenters. The van der Waals surface area contributed by atoms with Crippen molar-refractivity contribution in [3.8, 4) is 11.4 Å². The minimum Gasteiger partial charge on any atom is -0.442 e. The van der Waals surface area contributed by atoms with Gasteiger partial charge in [0.05, 0.1) is 23.3 Å². The molecule has 41 heavy (non-hydrogen) atoms. The molecule has 1 aliphatic heterocycles. The van der Waals surface area contributed by atoms with Crippen molar-refractivity contribution in [3.05, 3.63) is 78.5 Å². The lowest BCUT2D eigenvalue weighted by atomic mass is 10.0. The third-order valence-electron chi connectivity index (χ3n) is 7.01. The third-order valence-corrected chi connectivity index (χ3v) is 7.01. The van der Waals surface area contributed by atoms with Crippen LogP contribution in [-0.2, 0) is 16.0 Å². The minimum absolute atomic E-state index is 0.0556. The number of aromatic nitrogens is 4. The van der Waals surface area contributed by atoms with Gasteiger partial charge < -0.3 is 15.4 Å².